The second kappa shape index (κ2) is 6.11. The lowest BCUT2D eigenvalue weighted by Gasteiger charge is -2.18. The predicted octanol–water partition coefficient (Wildman–Crippen LogP) is 3.58. The molecule has 0 heterocycles. The minimum absolute atomic E-state index is 0.159. The molecule has 0 bridgehead atoms. The van der Waals surface area contributed by atoms with Crippen molar-refractivity contribution in [1.82, 2.24) is 0 Å². The van der Waals surface area contributed by atoms with Crippen LogP contribution in [-0.4, -0.2) is 19.3 Å². The van der Waals surface area contributed by atoms with Crippen LogP contribution in [0.4, 0.5) is 4.39 Å². The average molecular weight is 297 g/mol. The number of benzene rings is 2. The highest BCUT2D eigenvalue weighted by Gasteiger charge is 2.22. The first-order valence-electron chi connectivity index (χ1n) is 5.93. The molecule has 0 fully saturated rings. The summed E-state index contributed by atoms with van der Waals surface area (Å²) in [6, 6.07) is 9.21. The van der Waals surface area contributed by atoms with Crippen LogP contribution in [0.1, 0.15) is 17.2 Å². The van der Waals surface area contributed by atoms with Gasteiger partial charge in [-0.25, -0.2) is 4.39 Å². The molecular formula is C15H14ClFO3. The van der Waals surface area contributed by atoms with E-state index in [-0.39, 0.29) is 16.3 Å². The van der Waals surface area contributed by atoms with Crippen LogP contribution in [-0.2, 0) is 0 Å². The standard InChI is InChI=1S/C15H14ClFO3/c1-19-12-8-7-10(15(20-2)13(12)16)14(18)9-5-3-4-6-11(9)17/h3-8,14,18H,1-2H3. The number of methoxy groups -OCH3 is 2. The molecule has 1 unspecified atom stereocenters. The number of aliphatic hydroxyl groups excluding tert-OH is 1. The van der Waals surface area contributed by atoms with E-state index in [0.29, 0.717) is 11.3 Å². The predicted molar refractivity (Wildman–Crippen MR) is 75.0 cm³/mol. The van der Waals surface area contributed by atoms with Crippen molar-refractivity contribution >= 4 is 11.6 Å². The summed E-state index contributed by atoms with van der Waals surface area (Å²) in [5.74, 6) is 0.198. The van der Waals surface area contributed by atoms with E-state index in [9.17, 15) is 9.50 Å². The molecule has 0 amide bonds. The maximum Gasteiger partial charge on any atom is 0.147 e. The largest absolute Gasteiger partial charge is 0.495 e. The van der Waals surface area contributed by atoms with Gasteiger partial charge in [-0.1, -0.05) is 29.8 Å². The van der Waals surface area contributed by atoms with E-state index in [1.165, 1.54) is 26.4 Å². The van der Waals surface area contributed by atoms with Crippen LogP contribution >= 0.6 is 11.6 Å². The fourth-order valence-corrected chi connectivity index (χ4v) is 2.32. The molecule has 5 heteroatoms. The Labute approximate surface area is 121 Å². The van der Waals surface area contributed by atoms with Gasteiger partial charge < -0.3 is 14.6 Å². The van der Waals surface area contributed by atoms with Gasteiger partial charge in [0.1, 0.15) is 28.4 Å². The molecule has 106 valence electrons. The van der Waals surface area contributed by atoms with Gasteiger partial charge in [0.25, 0.3) is 0 Å². The maximum absolute atomic E-state index is 13.7. The van der Waals surface area contributed by atoms with E-state index in [4.69, 9.17) is 21.1 Å². The number of hydrogen-bond donors (Lipinski definition) is 1. The summed E-state index contributed by atoms with van der Waals surface area (Å²) in [6.07, 6.45) is -1.17. The first-order chi connectivity index (χ1) is 9.60. The zero-order valence-electron chi connectivity index (χ0n) is 11.1. The lowest BCUT2D eigenvalue weighted by molar-refractivity contribution is 0.209. The number of ether oxygens (including phenoxy) is 2. The van der Waals surface area contributed by atoms with Gasteiger partial charge in [-0.2, -0.15) is 0 Å². The third-order valence-electron chi connectivity index (χ3n) is 3.01. The van der Waals surface area contributed by atoms with E-state index in [0.717, 1.165) is 0 Å². The molecule has 0 radical (unpaired) electrons. The Balaban J connectivity index is 2.53. The highest BCUT2D eigenvalue weighted by molar-refractivity contribution is 6.33. The molecule has 0 spiro atoms. The molecular weight excluding hydrogens is 283 g/mol. The third kappa shape index (κ3) is 2.57. The quantitative estimate of drug-likeness (QED) is 0.937. The highest BCUT2D eigenvalue weighted by Crippen LogP contribution is 2.41. The van der Waals surface area contributed by atoms with Crippen LogP contribution in [0, 0.1) is 5.82 Å². The van der Waals surface area contributed by atoms with E-state index < -0.39 is 11.9 Å². The second-order valence-electron chi connectivity index (χ2n) is 4.13. The maximum atomic E-state index is 13.7. The zero-order valence-corrected chi connectivity index (χ0v) is 11.8. The van der Waals surface area contributed by atoms with Crippen molar-refractivity contribution in [3.63, 3.8) is 0 Å². The van der Waals surface area contributed by atoms with Gasteiger partial charge in [-0.3, -0.25) is 0 Å². The number of halogens is 2. The Hall–Kier alpha value is -1.78. The van der Waals surface area contributed by atoms with Crippen molar-refractivity contribution in [2.45, 2.75) is 6.10 Å². The van der Waals surface area contributed by atoms with Gasteiger partial charge in [0.2, 0.25) is 0 Å². The van der Waals surface area contributed by atoms with Crippen LogP contribution in [0.25, 0.3) is 0 Å². The molecule has 0 saturated heterocycles. The Morgan fingerprint density at radius 3 is 2.35 bits per heavy atom. The summed E-state index contributed by atoms with van der Waals surface area (Å²) >= 11 is 6.13. The molecule has 3 nitrogen and oxygen atoms in total. The summed E-state index contributed by atoms with van der Waals surface area (Å²) in [6.45, 7) is 0. The number of rotatable bonds is 4. The van der Waals surface area contributed by atoms with Crippen LogP contribution in [0.5, 0.6) is 11.5 Å². The number of hydrogen-bond acceptors (Lipinski definition) is 3. The summed E-state index contributed by atoms with van der Waals surface area (Å²) in [5.41, 5.74) is 0.537. The van der Waals surface area contributed by atoms with E-state index in [1.807, 2.05) is 0 Å². The second-order valence-corrected chi connectivity index (χ2v) is 4.51. The lowest BCUT2D eigenvalue weighted by Crippen LogP contribution is -2.05. The van der Waals surface area contributed by atoms with Crippen molar-refractivity contribution in [3.8, 4) is 11.5 Å². The summed E-state index contributed by atoms with van der Waals surface area (Å²) in [5, 5.41) is 10.6. The van der Waals surface area contributed by atoms with Crippen molar-refractivity contribution in [2.75, 3.05) is 14.2 Å². The summed E-state index contributed by atoms with van der Waals surface area (Å²) < 4.78 is 24.0. The Bertz CT molecular complexity index is 616. The molecule has 2 aromatic rings. The SMILES string of the molecule is COc1ccc(C(O)c2ccccc2F)c(OC)c1Cl. The fourth-order valence-electron chi connectivity index (χ4n) is 2.00. The minimum Gasteiger partial charge on any atom is -0.495 e. The highest BCUT2D eigenvalue weighted by atomic mass is 35.5. The van der Waals surface area contributed by atoms with Crippen LogP contribution < -0.4 is 9.47 Å². The molecule has 0 saturated carbocycles. The topological polar surface area (TPSA) is 38.7 Å². The first kappa shape index (κ1) is 14.6. The summed E-state index contributed by atoms with van der Waals surface area (Å²) in [4.78, 5) is 0. The normalized spacial score (nSPS) is 12.1. The van der Waals surface area contributed by atoms with Crippen molar-refractivity contribution < 1.29 is 19.0 Å². The number of aliphatic hydroxyl groups is 1. The molecule has 0 aliphatic heterocycles. The van der Waals surface area contributed by atoms with Gasteiger partial charge in [0, 0.05) is 11.1 Å². The third-order valence-corrected chi connectivity index (χ3v) is 3.37. The monoisotopic (exact) mass is 296 g/mol. The van der Waals surface area contributed by atoms with E-state index >= 15 is 0 Å². The van der Waals surface area contributed by atoms with Crippen LogP contribution in [0.3, 0.4) is 0 Å². The minimum atomic E-state index is -1.17. The van der Waals surface area contributed by atoms with E-state index in [1.54, 1.807) is 24.3 Å². The Kier molecular flexibility index (Phi) is 4.47. The average Bonchev–Trinajstić information content (AvgIpc) is 2.46. The van der Waals surface area contributed by atoms with Gasteiger partial charge in [0.15, 0.2) is 0 Å². The molecule has 0 aliphatic rings. The van der Waals surface area contributed by atoms with Crippen LogP contribution in [0.15, 0.2) is 36.4 Å². The molecule has 1 N–H and O–H groups in total. The molecule has 1 atom stereocenters. The molecule has 0 aromatic heterocycles. The van der Waals surface area contributed by atoms with Crippen LogP contribution in [0.2, 0.25) is 5.02 Å². The zero-order chi connectivity index (χ0) is 14.7. The van der Waals surface area contributed by atoms with Gasteiger partial charge >= 0.3 is 0 Å². The molecule has 2 aromatic carbocycles. The smallest absolute Gasteiger partial charge is 0.147 e. The molecule has 20 heavy (non-hydrogen) atoms. The fraction of sp³-hybridized carbons (Fsp3) is 0.200. The molecule has 2 rings (SSSR count). The van der Waals surface area contributed by atoms with Gasteiger partial charge in [0.05, 0.1) is 14.2 Å². The van der Waals surface area contributed by atoms with E-state index in [2.05, 4.69) is 0 Å². The molecule has 0 aliphatic carbocycles. The Morgan fingerprint density at radius 1 is 1.05 bits per heavy atom. The first-order valence-corrected chi connectivity index (χ1v) is 6.30. The Morgan fingerprint density at radius 2 is 1.75 bits per heavy atom. The van der Waals surface area contributed by atoms with Crippen molar-refractivity contribution in [2.24, 2.45) is 0 Å². The lowest BCUT2D eigenvalue weighted by atomic mass is 10.00. The van der Waals surface area contributed by atoms with Gasteiger partial charge in [-0.15, -0.1) is 0 Å². The van der Waals surface area contributed by atoms with Crippen molar-refractivity contribution in [1.29, 1.82) is 0 Å². The van der Waals surface area contributed by atoms with Crippen molar-refractivity contribution in [3.05, 3.63) is 58.4 Å². The summed E-state index contributed by atoms with van der Waals surface area (Å²) in [7, 11) is 2.91. The van der Waals surface area contributed by atoms with Gasteiger partial charge in [-0.05, 0) is 18.2 Å².